The van der Waals surface area contributed by atoms with Gasteiger partial charge in [-0.3, -0.25) is 14.5 Å². The van der Waals surface area contributed by atoms with Gasteiger partial charge in [0.1, 0.15) is 5.82 Å². The maximum atomic E-state index is 13.5. The zero-order valence-electron chi connectivity index (χ0n) is 21.1. The van der Waals surface area contributed by atoms with Crippen molar-refractivity contribution in [1.82, 2.24) is 10.2 Å². The molecule has 1 saturated heterocycles. The zero-order chi connectivity index (χ0) is 27.4. The Balaban J connectivity index is 1.38. The number of ether oxygens (including phenoxy) is 1. The quantitative estimate of drug-likeness (QED) is 0.293. The average molecular weight is 544 g/mol. The Morgan fingerprint density at radius 2 is 1.72 bits per heavy atom. The number of hydrogen-bond acceptors (Lipinski definition) is 5. The van der Waals surface area contributed by atoms with Gasteiger partial charge in [0, 0.05) is 12.2 Å². The van der Waals surface area contributed by atoms with Crippen molar-refractivity contribution < 1.29 is 23.5 Å². The highest BCUT2D eigenvalue weighted by atomic mass is 32.1. The lowest BCUT2D eigenvalue weighted by Gasteiger charge is -2.25. The second-order valence-electron chi connectivity index (χ2n) is 9.20. The van der Waals surface area contributed by atoms with E-state index in [0.717, 1.165) is 16.7 Å². The summed E-state index contributed by atoms with van der Waals surface area (Å²) in [6.07, 6.45) is -1.46. The van der Waals surface area contributed by atoms with E-state index in [0.29, 0.717) is 16.1 Å². The van der Waals surface area contributed by atoms with Crippen molar-refractivity contribution in [2.24, 2.45) is 0 Å². The number of carbonyl (C=O) groups is 3. The largest absolute Gasteiger partial charge is 0.438 e. The lowest BCUT2D eigenvalue weighted by Crippen LogP contribution is -2.46. The molecule has 3 aromatic carbocycles. The number of thiophene rings is 1. The minimum atomic E-state index is -0.941. The SMILES string of the molecule is Cc1ccccc1CN1C(=O)O[C@@H](c2ccc(NC(=O)c3cccs3)cc2)[C@@H]1C(=O)NCc1ccc(F)cc1. The van der Waals surface area contributed by atoms with Crippen LogP contribution in [0.3, 0.4) is 0 Å². The van der Waals surface area contributed by atoms with E-state index in [9.17, 15) is 18.8 Å². The Kier molecular flexibility index (Phi) is 7.69. The lowest BCUT2D eigenvalue weighted by atomic mass is 9.99. The van der Waals surface area contributed by atoms with Gasteiger partial charge in [-0.15, -0.1) is 11.3 Å². The molecule has 2 atom stereocenters. The molecule has 1 aliphatic rings. The Hall–Kier alpha value is -4.50. The number of cyclic esters (lactones) is 1. The summed E-state index contributed by atoms with van der Waals surface area (Å²) < 4.78 is 19.0. The van der Waals surface area contributed by atoms with Crippen molar-refractivity contribution in [3.8, 4) is 0 Å². The van der Waals surface area contributed by atoms with E-state index < -0.39 is 18.2 Å². The number of nitrogens with zero attached hydrogens (tertiary/aromatic N) is 1. The van der Waals surface area contributed by atoms with Gasteiger partial charge in [0.25, 0.3) is 5.91 Å². The van der Waals surface area contributed by atoms with E-state index in [-0.39, 0.29) is 30.7 Å². The van der Waals surface area contributed by atoms with Crippen LogP contribution in [0, 0.1) is 12.7 Å². The minimum absolute atomic E-state index is 0.169. The number of anilines is 1. The summed E-state index contributed by atoms with van der Waals surface area (Å²) in [5.74, 6) is -0.967. The van der Waals surface area contributed by atoms with Crippen molar-refractivity contribution >= 4 is 34.9 Å². The average Bonchev–Trinajstić information content (AvgIpc) is 3.59. The second kappa shape index (κ2) is 11.5. The third-order valence-corrected chi connectivity index (χ3v) is 7.45. The summed E-state index contributed by atoms with van der Waals surface area (Å²) in [5.41, 5.74) is 3.81. The molecule has 9 heteroatoms. The number of benzene rings is 3. The molecule has 0 unspecified atom stereocenters. The summed E-state index contributed by atoms with van der Waals surface area (Å²) in [7, 11) is 0. The van der Waals surface area contributed by atoms with Gasteiger partial charge in [-0.05, 0) is 64.9 Å². The molecule has 4 aromatic rings. The van der Waals surface area contributed by atoms with Gasteiger partial charge in [-0.25, -0.2) is 9.18 Å². The number of halogens is 1. The topological polar surface area (TPSA) is 87.7 Å². The smallest absolute Gasteiger partial charge is 0.411 e. The summed E-state index contributed by atoms with van der Waals surface area (Å²) in [6.45, 7) is 2.31. The van der Waals surface area contributed by atoms with Crippen LogP contribution in [0.25, 0.3) is 0 Å². The van der Waals surface area contributed by atoms with Crippen LogP contribution in [-0.2, 0) is 22.6 Å². The van der Waals surface area contributed by atoms with Crippen LogP contribution in [0.4, 0.5) is 14.9 Å². The van der Waals surface area contributed by atoms with Crippen molar-refractivity contribution in [2.45, 2.75) is 32.2 Å². The maximum Gasteiger partial charge on any atom is 0.411 e. The molecule has 7 nitrogen and oxygen atoms in total. The van der Waals surface area contributed by atoms with Gasteiger partial charge in [0.2, 0.25) is 5.91 Å². The molecular formula is C30H26FN3O4S. The third-order valence-electron chi connectivity index (χ3n) is 6.58. The minimum Gasteiger partial charge on any atom is -0.438 e. The van der Waals surface area contributed by atoms with E-state index in [1.165, 1.54) is 28.4 Å². The number of aryl methyl sites for hydroxylation is 1. The van der Waals surface area contributed by atoms with Gasteiger partial charge < -0.3 is 15.4 Å². The number of amides is 3. The second-order valence-corrected chi connectivity index (χ2v) is 10.1. The predicted molar refractivity (Wildman–Crippen MR) is 147 cm³/mol. The highest BCUT2D eigenvalue weighted by Gasteiger charge is 2.47. The van der Waals surface area contributed by atoms with Crippen LogP contribution in [0.2, 0.25) is 0 Å². The maximum absolute atomic E-state index is 13.5. The van der Waals surface area contributed by atoms with E-state index in [4.69, 9.17) is 4.74 Å². The summed E-state index contributed by atoms with van der Waals surface area (Å²) >= 11 is 1.34. The fraction of sp³-hybridized carbons (Fsp3) is 0.167. The highest BCUT2D eigenvalue weighted by Crippen LogP contribution is 2.35. The van der Waals surface area contributed by atoms with E-state index in [2.05, 4.69) is 10.6 Å². The third kappa shape index (κ3) is 5.99. The molecule has 1 fully saturated rings. The monoisotopic (exact) mass is 543 g/mol. The van der Waals surface area contributed by atoms with Crippen molar-refractivity contribution in [1.29, 1.82) is 0 Å². The Morgan fingerprint density at radius 1 is 0.974 bits per heavy atom. The normalized spacial score (nSPS) is 16.6. The molecular weight excluding hydrogens is 517 g/mol. The first-order valence-corrected chi connectivity index (χ1v) is 13.3. The van der Waals surface area contributed by atoms with Gasteiger partial charge in [-0.2, -0.15) is 0 Å². The fourth-order valence-electron chi connectivity index (χ4n) is 4.43. The van der Waals surface area contributed by atoms with Crippen LogP contribution >= 0.6 is 11.3 Å². The van der Waals surface area contributed by atoms with Crippen molar-refractivity contribution in [2.75, 3.05) is 5.32 Å². The van der Waals surface area contributed by atoms with Gasteiger partial charge >= 0.3 is 6.09 Å². The van der Waals surface area contributed by atoms with Gasteiger partial charge in [-0.1, -0.05) is 54.6 Å². The fourth-order valence-corrected chi connectivity index (χ4v) is 5.05. The Labute approximate surface area is 229 Å². The summed E-state index contributed by atoms with van der Waals surface area (Å²) in [5, 5.41) is 7.55. The van der Waals surface area contributed by atoms with Gasteiger partial charge in [0.05, 0.1) is 11.4 Å². The molecule has 0 aliphatic carbocycles. The van der Waals surface area contributed by atoms with Crippen LogP contribution in [0.1, 0.15) is 38.0 Å². The standard InChI is InChI=1S/C30H26FN3O4S/c1-19-5-2-3-6-22(19)18-34-26(29(36)32-17-20-8-12-23(31)13-9-20)27(38-30(34)37)21-10-14-24(15-11-21)33-28(35)25-7-4-16-39-25/h2-16,26-27H,17-18H2,1H3,(H,32,36)(H,33,35)/t26-,27+/m1/s1. The van der Waals surface area contributed by atoms with Crippen LogP contribution in [-0.4, -0.2) is 28.8 Å². The molecule has 1 aliphatic heterocycles. The zero-order valence-corrected chi connectivity index (χ0v) is 21.9. The molecule has 39 heavy (non-hydrogen) atoms. The van der Waals surface area contributed by atoms with E-state index in [1.54, 1.807) is 48.5 Å². The van der Waals surface area contributed by atoms with Crippen molar-refractivity contribution in [3.63, 3.8) is 0 Å². The molecule has 0 saturated carbocycles. The first-order chi connectivity index (χ1) is 18.9. The molecule has 0 radical (unpaired) electrons. The number of nitrogens with one attached hydrogen (secondary N) is 2. The lowest BCUT2D eigenvalue weighted by molar-refractivity contribution is -0.126. The summed E-state index contributed by atoms with van der Waals surface area (Å²) in [4.78, 5) is 41.0. The van der Waals surface area contributed by atoms with Crippen LogP contribution < -0.4 is 10.6 Å². The van der Waals surface area contributed by atoms with E-state index >= 15 is 0 Å². The number of rotatable bonds is 8. The molecule has 0 bridgehead atoms. The van der Waals surface area contributed by atoms with E-state index in [1.807, 2.05) is 36.6 Å². The highest BCUT2D eigenvalue weighted by molar-refractivity contribution is 7.12. The Morgan fingerprint density at radius 3 is 2.41 bits per heavy atom. The predicted octanol–water partition coefficient (Wildman–Crippen LogP) is 5.83. The Bertz CT molecular complexity index is 1470. The molecule has 198 valence electrons. The van der Waals surface area contributed by atoms with Crippen LogP contribution in [0.15, 0.2) is 90.3 Å². The number of carbonyl (C=O) groups excluding carboxylic acids is 3. The molecule has 3 amide bonds. The first-order valence-electron chi connectivity index (χ1n) is 12.4. The molecule has 0 spiro atoms. The molecule has 2 heterocycles. The van der Waals surface area contributed by atoms with Crippen LogP contribution in [0.5, 0.6) is 0 Å². The number of hydrogen-bond donors (Lipinski definition) is 2. The van der Waals surface area contributed by atoms with Gasteiger partial charge in [0.15, 0.2) is 12.1 Å². The molecule has 5 rings (SSSR count). The summed E-state index contributed by atoms with van der Waals surface area (Å²) in [6, 6.07) is 23.0. The molecule has 2 N–H and O–H groups in total. The first kappa shape index (κ1) is 26.1. The molecule has 1 aromatic heterocycles. The van der Waals surface area contributed by atoms with Crippen molar-refractivity contribution in [3.05, 3.63) is 123 Å².